The van der Waals surface area contributed by atoms with Crippen molar-refractivity contribution in [2.75, 3.05) is 17.7 Å². The van der Waals surface area contributed by atoms with Gasteiger partial charge in [-0.3, -0.25) is 0 Å². The van der Waals surface area contributed by atoms with Crippen LogP contribution < -0.4 is 15.4 Å². The number of benzene rings is 2. The van der Waals surface area contributed by atoms with E-state index < -0.39 is 0 Å². The van der Waals surface area contributed by atoms with Gasteiger partial charge in [-0.2, -0.15) is 4.98 Å². The van der Waals surface area contributed by atoms with Crippen LogP contribution in [0.15, 0.2) is 60.8 Å². The highest BCUT2D eigenvalue weighted by atomic mass is 35.5. The Morgan fingerprint density at radius 3 is 2.79 bits per heavy atom. The lowest BCUT2D eigenvalue weighted by molar-refractivity contribution is 0.410. The Balaban J connectivity index is 1.69. The molecule has 122 valence electrons. The van der Waals surface area contributed by atoms with Crippen molar-refractivity contribution in [2.24, 2.45) is 0 Å². The Hall–Kier alpha value is -2.79. The van der Waals surface area contributed by atoms with E-state index in [-0.39, 0.29) is 0 Å². The summed E-state index contributed by atoms with van der Waals surface area (Å²) in [5, 5.41) is 7.07. The second-order valence-electron chi connectivity index (χ2n) is 5.07. The van der Waals surface area contributed by atoms with Crippen molar-refractivity contribution >= 4 is 29.1 Å². The average molecular weight is 341 g/mol. The molecule has 24 heavy (non-hydrogen) atoms. The molecule has 2 aromatic carbocycles. The minimum Gasteiger partial charge on any atom is -0.496 e. The topological polar surface area (TPSA) is 59.1 Å². The first-order chi connectivity index (χ1) is 11.7. The second-order valence-corrected chi connectivity index (χ2v) is 5.50. The number of nitrogens with one attached hydrogen (secondary N) is 2. The van der Waals surface area contributed by atoms with Crippen molar-refractivity contribution in [2.45, 2.75) is 6.54 Å². The zero-order valence-corrected chi connectivity index (χ0v) is 13.9. The van der Waals surface area contributed by atoms with Crippen LogP contribution in [0.1, 0.15) is 5.56 Å². The normalized spacial score (nSPS) is 10.2. The lowest BCUT2D eigenvalue weighted by Crippen LogP contribution is -2.05. The average Bonchev–Trinajstić information content (AvgIpc) is 2.60. The SMILES string of the molecule is COc1ccccc1CNc1ccnc(Nc2cccc(Cl)c2)n1. The Labute approximate surface area is 145 Å². The van der Waals surface area contributed by atoms with Gasteiger partial charge in [0.1, 0.15) is 11.6 Å². The summed E-state index contributed by atoms with van der Waals surface area (Å²) < 4.78 is 5.35. The molecule has 0 aliphatic carbocycles. The molecule has 0 bridgehead atoms. The molecule has 3 rings (SSSR count). The number of rotatable bonds is 6. The van der Waals surface area contributed by atoms with Crippen molar-refractivity contribution in [1.82, 2.24) is 9.97 Å². The zero-order chi connectivity index (χ0) is 16.8. The van der Waals surface area contributed by atoms with E-state index in [0.717, 1.165) is 22.8 Å². The van der Waals surface area contributed by atoms with Crippen LogP contribution in [0.2, 0.25) is 5.02 Å². The van der Waals surface area contributed by atoms with Crippen molar-refractivity contribution in [3.63, 3.8) is 0 Å². The molecule has 1 heterocycles. The first-order valence-electron chi connectivity index (χ1n) is 7.46. The molecule has 0 saturated carbocycles. The lowest BCUT2D eigenvalue weighted by Gasteiger charge is -2.11. The van der Waals surface area contributed by atoms with E-state index >= 15 is 0 Å². The quantitative estimate of drug-likeness (QED) is 0.692. The molecule has 0 aliphatic rings. The molecule has 0 saturated heterocycles. The maximum atomic E-state index is 5.98. The van der Waals surface area contributed by atoms with Crippen molar-refractivity contribution < 1.29 is 4.74 Å². The van der Waals surface area contributed by atoms with E-state index in [1.54, 1.807) is 13.3 Å². The number of aromatic nitrogens is 2. The maximum Gasteiger partial charge on any atom is 0.229 e. The molecule has 2 N–H and O–H groups in total. The summed E-state index contributed by atoms with van der Waals surface area (Å²) >= 11 is 5.98. The Morgan fingerprint density at radius 1 is 1.08 bits per heavy atom. The van der Waals surface area contributed by atoms with Gasteiger partial charge in [-0.1, -0.05) is 35.9 Å². The molecule has 0 fully saturated rings. The molecule has 6 heteroatoms. The van der Waals surface area contributed by atoms with Crippen LogP contribution in [-0.4, -0.2) is 17.1 Å². The molecule has 0 spiro atoms. The monoisotopic (exact) mass is 340 g/mol. The smallest absolute Gasteiger partial charge is 0.229 e. The number of ether oxygens (including phenoxy) is 1. The molecule has 1 aromatic heterocycles. The summed E-state index contributed by atoms with van der Waals surface area (Å²) in [5.74, 6) is 2.07. The van der Waals surface area contributed by atoms with Gasteiger partial charge in [0.25, 0.3) is 0 Å². The first-order valence-corrected chi connectivity index (χ1v) is 7.84. The summed E-state index contributed by atoms with van der Waals surface area (Å²) in [6.45, 7) is 0.609. The molecular formula is C18H17ClN4O. The van der Waals surface area contributed by atoms with Crippen LogP contribution in [0.4, 0.5) is 17.5 Å². The van der Waals surface area contributed by atoms with Gasteiger partial charge in [0.05, 0.1) is 7.11 Å². The number of halogens is 1. The minimum absolute atomic E-state index is 0.502. The number of para-hydroxylation sites is 1. The van der Waals surface area contributed by atoms with Crippen LogP contribution >= 0.6 is 11.6 Å². The molecule has 0 radical (unpaired) electrons. The Morgan fingerprint density at radius 2 is 1.96 bits per heavy atom. The van der Waals surface area contributed by atoms with Gasteiger partial charge in [0, 0.05) is 29.0 Å². The third-order valence-corrected chi connectivity index (χ3v) is 3.62. The van der Waals surface area contributed by atoms with Gasteiger partial charge in [-0.05, 0) is 30.3 Å². The number of methoxy groups -OCH3 is 1. The number of anilines is 3. The highest BCUT2D eigenvalue weighted by Gasteiger charge is 2.04. The standard InChI is InChI=1S/C18H17ClN4O/c1-24-16-8-3-2-5-13(16)12-21-17-9-10-20-18(23-17)22-15-7-4-6-14(19)11-15/h2-11H,12H2,1H3,(H2,20,21,22,23). The van der Waals surface area contributed by atoms with Crippen LogP contribution in [0.3, 0.4) is 0 Å². The summed E-state index contributed by atoms with van der Waals surface area (Å²) in [6.07, 6.45) is 1.70. The summed E-state index contributed by atoms with van der Waals surface area (Å²) in [7, 11) is 1.66. The third-order valence-electron chi connectivity index (χ3n) is 3.39. The highest BCUT2D eigenvalue weighted by molar-refractivity contribution is 6.30. The fourth-order valence-electron chi connectivity index (χ4n) is 2.25. The van der Waals surface area contributed by atoms with Crippen LogP contribution in [0, 0.1) is 0 Å². The summed E-state index contributed by atoms with van der Waals surface area (Å²) in [6, 6.07) is 17.1. The second kappa shape index (κ2) is 7.66. The van der Waals surface area contributed by atoms with Crippen molar-refractivity contribution in [3.05, 3.63) is 71.4 Å². The van der Waals surface area contributed by atoms with Crippen LogP contribution in [0.5, 0.6) is 5.75 Å². The molecule has 0 amide bonds. The molecule has 0 unspecified atom stereocenters. The van der Waals surface area contributed by atoms with Crippen molar-refractivity contribution in [3.8, 4) is 5.75 Å². The minimum atomic E-state index is 0.502. The van der Waals surface area contributed by atoms with Gasteiger partial charge in [0.15, 0.2) is 0 Å². The highest BCUT2D eigenvalue weighted by Crippen LogP contribution is 2.20. The molecule has 0 aliphatic heterocycles. The predicted octanol–water partition coefficient (Wildman–Crippen LogP) is 4.49. The van der Waals surface area contributed by atoms with E-state index in [4.69, 9.17) is 16.3 Å². The third kappa shape index (κ3) is 4.14. The number of nitrogens with zero attached hydrogens (tertiary/aromatic N) is 2. The largest absolute Gasteiger partial charge is 0.496 e. The Bertz CT molecular complexity index is 825. The fourth-order valence-corrected chi connectivity index (χ4v) is 2.44. The van der Waals surface area contributed by atoms with Gasteiger partial charge in [0.2, 0.25) is 5.95 Å². The van der Waals surface area contributed by atoms with Gasteiger partial charge in [-0.25, -0.2) is 4.98 Å². The first kappa shape index (κ1) is 16.1. The van der Waals surface area contributed by atoms with E-state index in [0.29, 0.717) is 17.5 Å². The molecular weight excluding hydrogens is 324 g/mol. The van der Waals surface area contributed by atoms with E-state index in [1.807, 2.05) is 54.6 Å². The summed E-state index contributed by atoms with van der Waals surface area (Å²) in [4.78, 5) is 8.67. The zero-order valence-electron chi connectivity index (χ0n) is 13.2. The number of hydrogen-bond donors (Lipinski definition) is 2. The van der Waals surface area contributed by atoms with Crippen molar-refractivity contribution in [1.29, 1.82) is 0 Å². The predicted molar refractivity (Wildman–Crippen MR) is 97.1 cm³/mol. The molecule has 0 atom stereocenters. The van der Waals surface area contributed by atoms with Gasteiger partial charge in [-0.15, -0.1) is 0 Å². The lowest BCUT2D eigenvalue weighted by atomic mass is 10.2. The van der Waals surface area contributed by atoms with E-state index in [2.05, 4.69) is 20.6 Å². The Kier molecular flexibility index (Phi) is 5.13. The van der Waals surface area contributed by atoms with Crippen LogP contribution in [0.25, 0.3) is 0 Å². The fraction of sp³-hybridized carbons (Fsp3) is 0.111. The summed E-state index contributed by atoms with van der Waals surface area (Å²) in [5.41, 5.74) is 1.90. The van der Waals surface area contributed by atoms with E-state index in [9.17, 15) is 0 Å². The number of hydrogen-bond acceptors (Lipinski definition) is 5. The van der Waals surface area contributed by atoms with Crippen LogP contribution in [-0.2, 0) is 6.54 Å². The molecule has 3 aromatic rings. The maximum absolute atomic E-state index is 5.98. The van der Waals surface area contributed by atoms with E-state index in [1.165, 1.54) is 0 Å². The van der Waals surface area contributed by atoms with Gasteiger partial charge >= 0.3 is 0 Å². The molecule has 5 nitrogen and oxygen atoms in total. The van der Waals surface area contributed by atoms with Gasteiger partial charge < -0.3 is 15.4 Å².